The van der Waals surface area contributed by atoms with Gasteiger partial charge < -0.3 is 0 Å². The van der Waals surface area contributed by atoms with E-state index in [9.17, 15) is 8.42 Å². The Morgan fingerprint density at radius 2 is 1.46 bits per heavy atom. The van der Waals surface area contributed by atoms with Gasteiger partial charge in [-0.1, -0.05) is 76.6 Å². The van der Waals surface area contributed by atoms with Gasteiger partial charge in [-0.15, -0.1) is 11.3 Å². The van der Waals surface area contributed by atoms with Crippen molar-refractivity contribution in [1.82, 2.24) is 0 Å². The summed E-state index contributed by atoms with van der Waals surface area (Å²) in [5, 5.41) is 0.682. The molecule has 2 nitrogen and oxygen atoms in total. The fraction of sp³-hybridized carbons (Fsp3) is 0.158. The van der Waals surface area contributed by atoms with Gasteiger partial charge in [0.15, 0.2) is 9.84 Å². The van der Waals surface area contributed by atoms with E-state index in [4.69, 9.17) is 0 Å². The van der Waals surface area contributed by atoms with Crippen LogP contribution in [-0.2, 0) is 20.9 Å². The summed E-state index contributed by atoms with van der Waals surface area (Å²) in [4.78, 5) is 2.03. The maximum Gasteiger partial charge on any atom is 0.152 e. The van der Waals surface area contributed by atoms with E-state index < -0.39 is 9.84 Å². The Bertz CT molecular complexity index is 930. The molecule has 24 heavy (non-hydrogen) atoms. The summed E-state index contributed by atoms with van der Waals surface area (Å²) in [5.74, 6) is 0.0642. The van der Waals surface area contributed by atoms with E-state index in [1.54, 1.807) is 11.3 Å². The van der Waals surface area contributed by atoms with E-state index >= 15 is 0 Å². The molecule has 124 valence electrons. The summed E-state index contributed by atoms with van der Waals surface area (Å²) in [6.45, 7) is 0. The first-order chi connectivity index (χ1) is 11.5. The molecule has 1 heterocycles. The quantitative estimate of drug-likeness (QED) is 0.509. The molecular weight excluding hydrogens is 404 g/mol. The molecule has 3 aromatic rings. The lowest BCUT2D eigenvalue weighted by atomic mass is 9.99. The topological polar surface area (TPSA) is 34.1 Å². The molecule has 2 aromatic carbocycles. The molecule has 0 saturated heterocycles. The van der Waals surface area contributed by atoms with Crippen LogP contribution in [0.1, 0.15) is 10.4 Å². The van der Waals surface area contributed by atoms with E-state index in [1.807, 2.05) is 48.5 Å². The average molecular weight is 421 g/mol. The van der Waals surface area contributed by atoms with Crippen LogP contribution in [0.2, 0.25) is 0 Å². The van der Waals surface area contributed by atoms with Crippen LogP contribution in [0, 0.1) is 0 Å². The summed E-state index contributed by atoms with van der Waals surface area (Å²) in [6, 6.07) is 20.1. The van der Waals surface area contributed by atoms with Gasteiger partial charge in [-0.2, -0.15) is 0 Å². The summed E-state index contributed by atoms with van der Waals surface area (Å²) >= 11 is 5.18. The molecule has 0 saturated carbocycles. The molecule has 0 amide bonds. The van der Waals surface area contributed by atoms with E-state index in [2.05, 4.69) is 28.1 Å². The summed E-state index contributed by atoms with van der Waals surface area (Å²) < 4.78 is 23.8. The van der Waals surface area contributed by atoms with Crippen molar-refractivity contribution in [1.29, 1.82) is 0 Å². The van der Waals surface area contributed by atoms with Crippen LogP contribution in [0.4, 0.5) is 0 Å². The number of benzene rings is 2. The molecular formula is C19H17BrO2S2. The highest BCUT2D eigenvalue weighted by Crippen LogP contribution is 2.44. The molecule has 0 aliphatic carbocycles. The Labute approximate surface area is 155 Å². The zero-order valence-electron chi connectivity index (χ0n) is 13.2. The smallest absolute Gasteiger partial charge is 0.152 e. The predicted octanol–water partition coefficient (Wildman–Crippen LogP) is 5.52. The Kier molecular flexibility index (Phi) is 5.23. The van der Waals surface area contributed by atoms with Crippen LogP contribution in [0.15, 0.2) is 60.7 Å². The highest BCUT2D eigenvalue weighted by atomic mass is 79.9. The standard InChI is InChI=1S/C19H17BrO2S2/c1-24(21,22)13-17-18(14-8-4-2-5-9-14)16(12-20)19(23-17)15-10-6-3-7-11-15/h2-11H,12-13H2,1H3. The number of alkyl halides is 1. The normalized spacial score (nSPS) is 11.6. The largest absolute Gasteiger partial charge is 0.229 e. The van der Waals surface area contributed by atoms with Crippen molar-refractivity contribution >= 4 is 37.1 Å². The van der Waals surface area contributed by atoms with Crippen molar-refractivity contribution in [2.75, 3.05) is 6.26 Å². The molecule has 0 fully saturated rings. The second kappa shape index (κ2) is 7.21. The lowest BCUT2D eigenvalue weighted by Gasteiger charge is -2.07. The predicted molar refractivity (Wildman–Crippen MR) is 106 cm³/mol. The average Bonchev–Trinajstić information content (AvgIpc) is 2.92. The second-order valence-electron chi connectivity index (χ2n) is 5.64. The van der Waals surface area contributed by atoms with Crippen molar-refractivity contribution in [3.63, 3.8) is 0 Å². The zero-order valence-corrected chi connectivity index (χ0v) is 16.4. The molecule has 0 spiro atoms. The van der Waals surface area contributed by atoms with E-state index in [0.29, 0.717) is 5.33 Å². The van der Waals surface area contributed by atoms with Crippen molar-refractivity contribution < 1.29 is 8.42 Å². The molecule has 0 aliphatic heterocycles. The third-order valence-electron chi connectivity index (χ3n) is 3.71. The highest BCUT2D eigenvalue weighted by Gasteiger charge is 2.22. The van der Waals surface area contributed by atoms with Crippen molar-refractivity contribution in [3.05, 3.63) is 71.1 Å². The third kappa shape index (κ3) is 3.79. The first kappa shape index (κ1) is 17.4. The molecule has 1 aromatic heterocycles. The van der Waals surface area contributed by atoms with Crippen molar-refractivity contribution in [2.45, 2.75) is 11.1 Å². The van der Waals surface area contributed by atoms with Gasteiger partial charge in [-0.25, -0.2) is 8.42 Å². The number of thiophene rings is 1. The Morgan fingerprint density at radius 3 is 1.96 bits per heavy atom. The number of sulfone groups is 1. The molecule has 0 atom stereocenters. The first-order valence-electron chi connectivity index (χ1n) is 7.48. The second-order valence-corrected chi connectivity index (χ2v) is 9.45. The van der Waals surface area contributed by atoms with Crippen molar-refractivity contribution in [2.24, 2.45) is 0 Å². The number of hydrogen-bond acceptors (Lipinski definition) is 3. The van der Waals surface area contributed by atoms with Gasteiger partial charge in [0.1, 0.15) is 0 Å². The van der Waals surface area contributed by atoms with E-state index in [1.165, 1.54) is 6.26 Å². The Morgan fingerprint density at radius 1 is 0.917 bits per heavy atom. The fourth-order valence-electron chi connectivity index (χ4n) is 2.75. The lowest BCUT2D eigenvalue weighted by molar-refractivity contribution is 0.601. The minimum absolute atomic E-state index is 0.0642. The van der Waals surface area contributed by atoms with E-state index in [0.717, 1.165) is 32.0 Å². The third-order valence-corrected chi connectivity index (χ3v) is 6.54. The minimum atomic E-state index is -3.11. The van der Waals surface area contributed by atoms with Crippen LogP contribution in [0.25, 0.3) is 21.6 Å². The molecule has 0 unspecified atom stereocenters. The lowest BCUT2D eigenvalue weighted by Crippen LogP contribution is -2.00. The van der Waals surface area contributed by atoms with Gasteiger partial charge in [0.25, 0.3) is 0 Å². The number of halogens is 1. The highest BCUT2D eigenvalue weighted by molar-refractivity contribution is 9.08. The van der Waals surface area contributed by atoms with Crippen LogP contribution >= 0.6 is 27.3 Å². The van der Waals surface area contributed by atoms with Gasteiger partial charge in [-0.05, 0) is 16.7 Å². The minimum Gasteiger partial charge on any atom is -0.229 e. The van der Waals surface area contributed by atoms with Gasteiger partial charge >= 0.3 is 0 Å². The molecule has 0 aliphatic rings. The Balaban J connectivity index is 2.26. The molecule has 3 rings (SSSR count). The molecule has 0 radical (unpaired) electrons. The first-order valence-corrected chi connectivity index (χ1v) is 11.5. The Hall–Kier alpha value is -1.43. The van der Waals surface area contributed by atoms with Crippen LogP contribution < -0.4 is 0 Å². The van der Waals surface area contributed by atoms with Gasteiger partial charge in [0, 0.05) is 26.9 Å². The van der Waals surface area contributed by atoms with Crippen molar-refractivity contribution in [3.8, 4) is 21.6 Å². The molecule has 0 N–H and O–H groups in total. The van der Waals surface area contributed by atoms with Crippen LogP contribution in [0.3, 0.4) is 0 Å². The molecule has 0 bridgehead atoms. The number of hydrogen-bond donors (Lipinski definition) is 0. The summed E-state index contributed by atoms with van der Waals surface area (Å²) in [5.41, 5.74) is 4.37. The SMILES string of the molecule is CS(=O)(=O)Cc1sc(-c2ccccc2)c(CBr)c1-c1ccccc1. The number of rotatable bonds is 5. The monoisotopic (exact) mass is 420 g/mol. The zero-order chi connectivity index (χ0) is 17.2. The summed E-state index contributed by atoms with van der Waals surface area (Å²) in [7, 11) is -3.11. The maximum atomic E-state index is 11.9. The van der Waals surface area contributed by atoms with Gasteiger partial charge in [0.05, 0.1) is 5.75 Å². The fourth-order valence-corrected chi connectivity index (χ4v) is 6.13. The van der Waals surface area contributed by atoms with Crippen LogP contribution in [-0.4, -0.2) is 14.7 Å². The van der Waals surface area contributed by atoms with Crippen LogP contribution in [0.5, 0.6) is 0 Å². The summed E-state index contributed by atoms with van der Waals surface area (Å²) in [6.07, 6.45) is 1.29. The molecule has 5 heteroatoms. The van der Waals surface area contributed by atoms with Gasteiger partial charge in [0.2, 0.25) is 0 Å². The maximum absolute atomic E-state index is 11.9. The van der Waals surface area contributed by atoms with E-state index in [-0.39, 0.29) is 5.75 Å². The van der Waals surface area contributed by atoms with Gasteiger partial charge in [-0.3, -0.25) is 0 Å².